The molecule has 0 aromatic heterocycles. The highest BCUT2D eigenvalue weighted by Crippen LogP contribution is 2.20. The van der Waals surface area contributed by atoms with E-state index < -0.39 is 15.6 Å². The molecule has 0 amide bonds. The molecule has 0 saturated carbocycles. The lowest BCUT2D eigenvalue weighted by Crippen LogP contribution is -2.11. The van der Waals surface area contributed by atoms with E-state index in [9.17, 15) is 17.2 Å². The van der Waals surface area contributed by atoms with Crippen LogP contribution in [0, 0.1) is 0 Å². The van der Waals surface area contributed by atoms with Crippen LogP contribution in [0.3, 0.4) is 0 Å². The molecular formula is C12H16ClF2NO2S. The molecule has 1 rings (SSSR count). The predicted octanol–water partition coefficient (Wildman–Crippen LogP) is 3.50. The highest BCUT2D eigenvalue weighted by atomic mass is 35.5. The van der Waals surface area contributed by atoms with Crippen molar-refractivity contribution in [2.75, 3.05) is 11.9 Å². The topological polar surface area (TPSA) is 46.2 Å². The number of nitrogens with one attached hydrogen (secondary N) is 1. The highest BCUT2D eigenvalue weighted by molar-refractivity contribution is 7.91. The van der Waals surface area contributed by atoms with E-state index in [2.05, 4.69) is 5.32 Å². The third kappa shape index (κ3) is 4.62. The van der Waals surface area contributed by atoms with Crippen LogP contribution in [-0.2, 0) is 9.84 Å². The van der Waals surface area contributed by atoms with Gasteiger partial charge in [-0.05, 0) is 37.1 Å². The molecule has 1 unspecified atom stereocenters. The van der Waals surface area contributed by atoms with Crippen LogP contribution >= 0.6 is 11.6 Å². The van der Waals surface area contributed by atoms with E-state index in [0.717, 1.165) is 12.8 Å². The zero-order valence-corrected chi connectivity index (χ0v) is 12.0. The summed E-state index contributed by atoms with van der Waals surface area (Å²) in [4.78, 5) is -0.378. The third-order valence-corrected chi connectivity index (χ3v) is 4.57. The van der Waals surface area contributed by atoms with Gasteiger partial charge in [0, 0.05) is 17.6 Å². The highest BCUT2D eigenvalue weighted by Gasteiger charge is 2.26. The lowest BCUT2D eigenvalue weighted by atomic mass is 10.2. The number of hydrogen-bond acceptors (Lipinski definition) is 3. The molecule has 3 nitrogen and oxygen atoms in total. The Kier molecular flexibility index (Phi) is 6.00. The summed E-state index contributed by atoms with van der Waals surface area (Å²) in [6.07, 6.45) is 1.64. The minimum atomic E-state index is -4.51. The molecule has 1 N–H and O–H groups in total. The average molecular weight is 312 g/mol. The minimum Gasteiger partial charge on any atom is -0.385 e. The van der Waals surface area contributed by atoms with Crippen LogP contribution in [0.1, 0.15) is 19.8 Å². The van der Waals surface area contributed by atoms with Gasteiger partial charge in [-0.3, -0.25) is 0 Å². The number of alkyl halides is 3. The van der Waals surface area contributed by atoms with E-state index in [0.29, 0.717) is 12.2 Å². The van der Waals surface area contributed by atoms with Crippen LogP contribution in [0.15, 0.2) is 29.2 Å². The molecule has 0 aliphatic heterocycles. The van der Waals surface area contributed by atoms with Gasteiger partial charge in [0.15, 0.2) is 0 Å². The van der Waals surface area contributed by atoms with Crippen LogP contribution in [-0.4, -0.2) is 26.1 Å². The lowest BCUT2D eigenvalue weighted by molar-refractivity contribution is 0.234. The normalized spacial score (nSPS) is 13.5. The Bertz CT molecular complexity index is 491. The van der Waals surface area contributed by atoms with Crippen molar-refractivity contribution in [3.05, 3.63) is 24.3 Å². The molecule has 0 aliphatic carbocycles. The molecule has 1 aromatic carbocycles. The summed E-state index contributed by atoms with van der Waals surface area (Å²) in [7, 11) is -4.51. The van der Waals surface area contributed by atoms with Crippen LogP contribution in [0.5, 0.6) is 0 Å². The first-order valence-corrected chi connectivity index (χ1v) is 7.86. The quantitative estimate of drug-likeness (QED) is 0.784. The van der Waals surface area contributed by atoms with Gasteiger partial charge in [0.25, 0.3) is 0 Å². The molecule has 0 heterocycles. The molecule has 108 valence electrons. The molecule has 1 aromatic rings. The van der Waals surface area contributed by atoms with Gasteiger partial charge in [-0.2, -0.15) is 8.78 Å². The molecule has 7 heteroatoms. The van der Waals surface area contributed by atoms with Crippen molar-refractivity contribution in [3.8, 4) is 0 Å². The number of halogens is 3. The van der Waals surface area contributed by atoms with Gasteiger partial charge < -0.3 is 5.32 Å². The van der Waals surface area contributed by atoms with Gasteiger partial charge in [-0.15, -0.1) is 11.6 Å². The monoisotopic (exact) mass is 311 g/mol. The molecule has 0 saturated heterocycles. The van der Waals surface area contributed by atoms with Gasteiger partial charge in [-0.1, -0.05) is 6.92 Å². The number of rotatable bonds is 7. The number of sulfone groups is 1. The summed E-state index contributed by atoms with van der Waals surface area (Å²) in [5.41, 5.74) is 0.674. The predicted molar refractivity (Wildman–Crippen MR) is 72.7 cm³/mol. The molecule has 0 fully saturated rings. The van der Waals surface area contributed by atoms with Crippen LogP contribution < -0.4 is 5.32 Å². The third-order valence-electron chi connectivity index (χ3n) is 2.65. The van der Waals surface area contributed by atoms with Crippen molar-refractivity contribution in [1.29, 1.82) is 0 Å². The number of anilines is 1. The van der Waals surface area contributed by atoms with E-state index in [4.69, 9.17) is 11.6 Å². The second-order valence-corrected chi connectivity index (χ2v) is 6.59. The van der Waals surface area contributed by atoms with Crippen LogP contribution in [0.2, 0.25) is 0 Å². The molecule has 1 atom stereocenters. The first-order valence-electron chi connectivity index (χ1n) is 5.88. The van der Waals surface area contributed by atoms with E-state index in [-0.39, 0.29) is 10.3 Å². The zero-order valence-electron chi connectivity index (χ0n) is 10.4. The standard InChI is InChI=1S/C12H16ClF2NO2S/c1-2-9(13)7-8-16-10-3-5-11(6-4-10)19(17,18)12(14)15/h3-6,9,12,16H,2,7-8H2,1H3. The smallest absolute Gasteiger partial charge is 0.341 e. The largest absolute Gasteiger partial charge is 0.385 e. The van der Waals surface area contributed by atoms with Crippen LogP contribution in [0.25, 0.3) is 0 Å². The maximum Gasteiger partial charge on any atom is 0.341 e. The van der Waals surface area contributed by atoms with Gasteiger partial charge in [0.1, 0.15) is 0 Å². The molecule has 0 radical (unpaired) electrons. The Hall–Kier alpha value is -0.880. The van der Waals surface area contributed by atoms with E-state index in [1.807, 2.05) is 6.92 Å². The van der Waals surface area contributed by atoms with E-state index >= 15 is 0 Å². The first-order chi connectivity index (χ1) is 8.87. The van der Waals surface area contributed by atoms with Gasteiger partial charge in [0.2, 0.25) is 9.84 Å². The molecule has 0 spiro atoms. The summed E-state index contributed by atoms with van der Waals surface area (Å²) >= 11 is 5.95. The average Bonchev–Trinajstić information content (AvgIpc) is 2.39. The summed E-state index contributed by atoms with van der Waals surface area (Å²) in [6, 6.07) is 5.26. The zero-order chi connectivity index (χ0) is 14.5. The Labute approximate surface area is 116 Å². The molecule has 19 heavy (non-hydrogen) atoms. The van der Waals surface area contributed by atoms with Crippen LogP contribution in [0.4, 0.5) is 14.5 Å². The molecule has 0 bridgehead atoms. The number of benzene rings is 1. The Morgan fingerprint density at radius 3 is 2.32 bits per heavy atom. The number of hydrogen-bond donors (Lipinski definition) is 1. The molecule has 0 aliphatic rings. The summed E-state index contributed by atoms with van der Waals surface area (Å²) in [5.74, 6) is -3.40. The van der Waals surface area contributed by atoms with E-state index in [1.165, 1.54) is 24.3 Å². The summed E-state index contributed by atoms with van der Waals surface area (Å²) < 4.78 is 47.0. The van der Waals surface area contributed by atoms with Crippen molar-refractivity contribution in [2.24, 2.45) is 0 Å². The second-order valence-electron chi connectivity index (χ2n) is 4.05. The van der Waals surface area contributed by atoms with Crippen molar-refractivity contribution in [3.63, 3.8) is 0 Å². The maximum atomic E-state index is 12.3. The van der Waals surface area contributed by atoms with E-state index in [1.54, 1.807) is 0 Å². The van der Waals surface area contributed by atoms with Crippen molar-refractivity contribution < 1.29 is 17.2 Å². The first kappa shape index (κ1) is 16.2. The van der Waals surface area contributed by atoms with Gasteiger partial charge in [-0.25, -0.2) is 8.42 Å². The fourth-order valence-corrected chi connectivity index (χ4v) is 2.27. The lowest BCUT2D eigenvalue weighted by Gasteiger charge is -2.10. The van der Waals surface area contributed by atoms with Crippen molar-refractivity contribution >= 4 is 27.1 Å². The molecular weight excluding hydrogens is 296 g/mol. The van der Waals surface area contributed by atoms with Crippen molar-refractivity contribution in [2.45, 2.75) is 35.8 Å². The van der Waals surface area contributed by atoms with Gasteiger partial charge >= 0.3 is 5.76 Å². The Balaban J connectivity index is 2.62. The Morgan fingerprint density at radius 1 is 1.26 bits per heavy atom. The maximum absolute atomic E-state index is 12.3. The fourth-order valence-electron chi connectivity index (χ4n) is 1.44. The second kappa shape index (κ2) is 7.05. The van der Waals surface area contributed by atoms with Crippen molar-refractivity contribution in [1.82, 2.24) is 0 Å². The Morgan fingerprint density at radius 2 is 1.84 bits per heavy atom. The fraction of sp³-hybridized carbons (Fsp3) is 0.500. The summed E-state index contributed by atoms with van der Waals surface area (Å²) in [5, 5.41) is 3.14. The minimum absolute atomic E-state index is 0.0889. The summed E-state index contributed by atoms with van der Waals surface area (Å²) in [6.45, 7) is 2.63. The van der Waals surface area contributed by atoms with Gasteiger partial charge in [0.05, 0.1) is 4.90 Å². The SMILES string of the molecule is CCC(Cl)CCNc1ccc(S(=O)(=O)C(F)F)cc1.